The average Bonchev–Trinajstić information content (AvgIpc) is 2.80. The molecule has 4 rings (SSSR count). The van der Waals surface area contributed by atoms with Gasteiger partial charge >= 0.3 is 0 Å². The number of H-pyrrole nitrogens is 1. The van der Waals surface area contributed by atoms with Crippen LogP contribution in [-0.4, -0.2) is 45.8 Å². The summed E-state index contributed by atoms with van der Waals surface area (Å²) in [5.74, 6) is -0.424. The molecule has 2 amide bonds. The number of amides is 2. The molecule has 0 aliphatic carbocycles. The van der Waals surface area contributed by atoms with Crippen molar-refractivity contribution in [3.05, 3.63) is 88.1 Å². The first kappa shape index (κ1) is 20.5. The van der Waals surface area contributed by atoms with Gasteiger partial charge in [0.15, 0.2) is 0 Å². The summed E-state index contributed by atoms with van der Waals surface area (Å²) < 4.78 is 0. The fourth-order valence-corrected chi connectivity index (χ4v) is 3.88. The highest BCUT2D eigenvalue weighted by Crippen LogP contribution is 2.22. The van der Waals surface area contributed by atoms with Gasteiger partial charge in [0.1, 0.15) is 5.56 Å². The molecule has 3 heterocycles. The van der Waals surface area contributed by atoms with E-state index in [-0.39, 0.29) is 17.5 Å². The van der Waals surface area contributed by atoms with Crippen LogP contribution in [-0.2, 0) is 0 Å². The number of hydrogen-bond donors (Lipinski definition) is 2. The van der Waals surface area contributed by atoms with Crippen LogP contribution in [0.25, 0.3) is 11.1 Å². The van der Waals surface area contributed by atoms with E-state index in [4.69, 9.17) is 0 Å². The van der Waals surface area contributed by atoms with Crippen molar-refractivity contribution in [2.45, 2.75) is 25.8 Å². The minimum Gasteiger partial charge on any atom is -0.349 e. The van der Waals surface area contributed by atoms with Crippen LogP contribution in [0.3, 0.4) is 0 Å². The maximum Gasteiger partial charge on any atom is 0.261 e. The summed E-state index contributed by atoms with van der Waals surface area (Å²) in [5, 5.41) is 2.97. The highest BCUT2D eigenvalue weighted by Gasteiger charge is 2.25. The van der Waals surface area contributed by atoms with Crippen molar-refractivity contribution >= 4 is 11.8 Å². The molecule has 0 spiro atoms. The molecule has 0 atom stereocenters. The molecule has 0 unspecified atom stereocenters. The van der Waals surface area contributed by atoms with E-state index in [0.717, 1.165) is 16.8 Å². The summed E-state index contributed by atoms with van der Waals surface area (Å²) in [6.45, 7) is 2.91. The van der Waals surface area contributed by atoms with E-state index in [1.54, 1.807) is 35.5 Å². The molecule has 1 aliphatic rings. The Kier molecular flexibility index (Phi) is 5.93. The Balaban J connectivity index is 1.43. The molecule has 1 saturated heterocycles. The number of nitrogens with one attached hydrogen (secondary N) is 2. The number of carbonyl (C=O) groups is 2. The summed E-state index contributed by atoms with van der Waals surface area (Å²) in [7, 11) is 0. The quantitative estimate of drug-likeness (QED) is 0.684. The molecule has 0 saturated carbocycles. The molecule has 31 heavy (non-hydrogen) atoms. The summed E-state index contributed by atoms with van der Waals surface area (Å²) in [4.78, 5) is 46.4. The molecule has 2 N–H and O–H groups in total. The number of aryl methyl sites for hydroxylation is 1. The van der Waals surface area contributed by atoms with Crippen LogP contribution in [0.2, 0.25) is 0 Å². The standard InChI is InChI=1S/C24H24N4O3/c1-16-20(17-5-3-2-4-6-17)15-21(22(29)26-16)23(30)27-19-9-13-28(14-10-19)24(31)18-7-11-25-12-8-18/h2-8,11-12,15,19H,9-10,13-14H2,1H3,(H,26,29)(H,27,30). The van der Waals surface area contributed by atoms with Crippen molar-refractivity contribution in [2.75, 3.05) is 13.1 Å². The minimum absolute atomic E-state index is 0.0327. The third-order valence-corrected chi connectivity index (χ3v) is 5.61. The van der Waals surface area contributed by atoms with Crippen LogP contribution in [0, 0.1) is 6.92 Å². The highest BCUT2D eigenvalue weighted by atomic mass is 16.2. The smallest absolute Gasteiger partial charge is 0.261 e. The molecule has 7 heteroatoms. The lowest BCUT2D eigenvalue weighted by Crippen LogP contribution is -2.47. The van der Waals surface area contributed by atoms with Gasteiger partial charge in [-0.15, -0.1) is 0 Å². The van der Waals surface area contributed by atoms with Gasteiger partial charge < -0.3 is 15.2 Å². The second kappa shape index (κ2) is 8.95. The second-order valence-electron chi connectivity index (χ2n) is 7.69. The molecule has 2 aromatic heterocycles. The van der Waals surface area contributed by atoms with Crippen molar-refractivity contribution in [3.8, 4) is 11.1 Å². The molecular formula is C24H24N4O3. The summed E-state index contributed by atoms with van der Waals surface area (Å²) in [6, 6.07) is 14.6. The molecule has 1 fully saturated rings. The lowest BCUT2D eigenvalue weighted by atomic mass is 10.0. The van der Waals surface area contributed by atoms with Gasteiger partial charge in [-0.05, 0) is 43.5 Å². The average molecular weight is 416 g/mol. The van der Waals surface area contributed by atoms with E-state index in [0.29, 0.717) is 31.5 Å². The molecular weight excluding hydrogens is 392 g/mol. The van der Waals surface area contributed by atoms with E-state index in [1.807, 2.05) is 37.3 Å². The highest BCUT2D eigenvalue weighted by molar-refractivity contribution is 5.96. The van der Waals surface area contributed by atoms with Crippen LogP contribution < -0.4 is 10.9 Å². The Hall–Kier alpha value is -3.74. The number of pyridine rings is 2. The number of piperidine rings is 1. The van der Waals surface area contributed by atoms with Crippen molar-refractivity contribution in [3.63, 3.8) is 0 Å². The number of likely N-dealkylation sites (tertiary alicyclic amines) is 1. The third kappa shape index (κ3) is 4.55. The van der Waals surface area contributed by atoms with Gasteiger partial charge in [0.05, 0.1) is 0 Å². The fourth-order valence-electron chi connectivity index (χ4n) is 3.88. The molecule has 158 valence electrons. The van der Waals surface area contributed by atoms with Crippen molar-refractivity contribution < 1.29 is 9.59 Å². The van der Waals surface area contributed by atoms with Gasteiger partial charge in [-0.1, -0.05) is 30.3 Å². The van der Waals surface area contributed by atoms with Gasteiger partial charge in [0.2, 0.25) is 0 Å². The number of carbonyl (C=O) groups excluding carboxylic acids is 2. The first-order chi connectivity index (χ1) is 15.0. The Morgan fingerprint density at radius 3 is 2.42 bits per heavy atom. The van der Waals surface area contributed by atoms with E-state index in [2.05, 4.69) is 15.3 Å². The Morgan fingerprint density at radius 2 is 1.74 bits per heavy atom. The van der Waals surface area contributed by atoms with Gasteiger partial charge in [0.25, 0.3) is 17.4 Å². The summed E-state index contributed by atoms with van der Waals surface area (Å²) >= 11 is 0. The third-order valence-electron chi connectivity index (χ3n) is 5.61. The number of rotatable bonds is 4. The van der Waals surface area contributed by atoms with Gasteiger partial charge in [-0.3, -0.25) is 19.4 Å². The molecule has 1 aliphatic heterocycles. The Bertz CT molecular complexity index is 1130. The Morgan fingerprint density at radius 1 is 1.06 bits per heavy atom. The minimum atomic E-state index is -0.403. The van der Waals surface area contributed by atoms with Gasteiger partial charge in [-0.25, -0.2) is 0 Å². The number of hydrogen-bond acceptors (Lipinski definition) is 4. The predicted octanol–water partition coefficient (Wildman–Crippen LogP) is 2.78. The largest absolute Gasteiger partial charge is 0.349 e. The SMILES string of the molecule is Cc1[nH]c(=O)c(C(=O)NC2CCN(C(=O)c3ccncc3)CC2)cc1-c1ccccc1. The molecule has 0 radical (unpaired) electrons. The number of nitrogens with zero attached hydrogens (tertiary/aromatic N) is 2. The normalized spacial score (nSPS) is 14.3. The zero-order chi connectivity index (χ0) is 21.8. The topological polar surface area (TPSA) is 95.2 Å². The van der Waals surface area contributed by atoms with E-state index in [9.17, 15) is 14.4 Å². The first-order valence-electron chi connectivity index (χ1n) is 10.3. The zero-order valence-corrected chi connectivity index (χ0v) is 17.3. The lowest BCUT2D eigenvalue weighted by Gasteiger charge is -2.32. The fraction of sp³-hybridized carbons (Fsp3) is 0.250. The van der Waals surface area contributed by atoms with Crippen LogP contribution in [0.1, 0.15) is 39.3 Å². The van der Waals surface area contributed by atoms with Crippen LogP contribution >= 0.6 is 0 Å². The summed E-state index contributed by atoms with van der Waals surface area (Å²) in [5.41, 5.74) is 2.78. The maximum absolute atomic E-state index is 12.8. The van der Waals surface area contributed by atoms with Crippen LogP contribution in [0.4, 0.5) is 0 Å². The van der Waals surface area contributed by atoms with E-state index >= 15 is 0 Å². The van der Waals surface area contributed by atoms with Gasteiger partial charge in [-0.2, -0.15) is 0 Å². The predicted molar refractivity (Wildman–Crippen MR) is 118 cm³/mol. The zero-order valence-electron chi connectivity index (χ0n) is 17.3. The molecule has 7 nitrogen and oxygen atoms in total. The summed E-state index contributed by atoms with van der Waals surface area (Å²) in [6.07, 6.45) is 4.47. The van der Waals surface area contributed by atoms with E-state index in [1.165, 1.54) is 0 Å². The van der Waals surface area contributed by atoms with Crippen LogP contribution in [0.5, 0.6) is 0 Å². The monoisotopic (exact) mass is 416 g/mol. The van der Waals surface area contributed by atoms with Crippen molar-refractivity contribution in [1.82, 2.24) is 20.2 Å². The number of benzene rings is 1. The number of aromatic amines is 1. The molecule has 1 aromatic carbocycles. The molecule has 3 aromatic rings. The Labute approximate surface area is 180 Å². The second-order valence-corrected chi connectivity index (χ2v) is 7.69. The van der Waals surface area contributed by atoms with E-state index < -0.39 is 11.5 Å². The first-order valence-corrected chi connectivity index (χ1v) is 10.3. The maximum atomic E-state index is 12.8. The molecule has 0 bridgehead atoms. The number of aromatic nitrogens is 2. The lowest BCUT2D eigenvalue weighted by molar-refractivity contribution is 0.0698. The van der Waals surface area contributed by atoms with Gasteiger partial charge in [0, 0.05) is 48.3 Å². The van der Waals surface area contributed by atoms with Crippen LogP contribution in [0.15, 0.2) is 65.7 Å². The van der Waals surface area contributed by atoms with Crippen molar-refractivity contribution in [1.29, 1.82) is 0 Å². The van der Waals surface area contributed by atoms with Crippen molar-refractivity contribution in [2.24, 2.45) is 0 Å².